The van der Waals surface area contributed by atoms with Crippen LogP contribution in [-0.2, 0) is 4.74 Å². The fourth-order valence-corrected chi connectivity index (χ4v) is 2.64. The molecule has 0 aromatic heterocycles. The van der Waals surface area contributed by atoms with E-state index in [0.29, 0.717) is 29.0 Å². The van der Waals surface area contributed by atoms with Crippen LogP contribution >= 0.6 is 0 Å². The maximum Gasteiger partial charge on any atom is 0.412 e. The molecule has 2 aromatic rings. The first-order chi connectivity index (χ1) is 13.0. The number of carbonyl (C=O) groups is 1. The molecule has 2 rings (SSSR count). The number of benzene rings is 2. The van der Waals surface area contributed by atoms with Crippen molar-refractivity contribution in [2.45, 2.75) is 19.4 Å². The molecular formula is C20H22N2O5. The number of phenolic OH excluding ortho intramolecular Hbond substituents is 1. The first-order valence-corrected chi connectivity index (χ1v) is 8.44. The van der Waals surface area contributed by atoms with E-state index in [1.165, 1.54) is 13.2 Å². The lowest BCUT2D eigenvalue weighted by molar-refractivity contribution is 0.0666. The Morgan fingerprint density at radius 3 is 2.52 bits per heavy atom. The second-order valence-electron chi connectivity index (χ2n) is 6.06. The van der Waals surface area contributed by atoms with Gasteiger partial charge < -0.3 is 19.7 Å². The number of amides is 1. The van der Waals surface area contributed by atoms with E-state index in [1.54, 1.807) is 36.4 Å². The molecule has 7 nitrogen and oxygen atoms in total. The van der Waals surface area contributed by atoms with E-state index < -0.39 is 12.2 Å². The van der Waals surface area contributed by atoms with Crippen LogP contribution in [0.5, 0.6) is 11.5 Å². The van der Waals surface area contributed by atoms with Gasteiger partial charge in [-0.1, -0.05) is 13.0 Å². The highest BCUT2D eigenvalue weighted by molar-refractivity contribution is 5.84. The van der Waals surface area contributed by atoms with Gasteiger partial charge in [0.25, 0.3) is 0 Å². The van der Waals surface area contributed by atoms with Crippen LogP contribution in [-0.4, -0.2) is 30.0 Å². The van der Waals surface area contributed by atoms with Crippen LogP contribution < -0.4 is 10.1 Å². The maximum atomic E-state index is 12.3. The number of methoxy groups -OCH3 is 1. The number of anilines is 1. The van der Waals surface area contributed by atoms with E-state index >= 15 is 0 Å². The lowest BCUT2D eigenvalue weighted by atomic mass is 9.94. The molecule has 0 unspecified atom stereocenters. The van der Waals surface area contributed by atoms with E-state index in [1.807, 2.05) is 13.0 Å². The lowest BCUT2D eigenvalue weighted by Gasteiger charge is -2.24. The molecule has 2 atom stereocenters. The third kappa shape index (κ3) is 5.36. The average molecular weight is 370 g/mol. The number of hydrogen-bond acceptors (Lipinski definition) is 6. The van der Waals surface area contributed by atoms with Crippen molar-refractivity contribution in [3.05, 3.63) is 53.6 Å². The third-order valence-electron chi connectivity index (χ3n) is 4.13. The number of nitrogens with zero attached hydrogens (tertiary/aromatic N) is 1. The van der Waals surface area contributed by atoms with Gasteiger partial charge in [0.05, 0.1) is 18.7 Å². The molecule has 7 heteroatoms. The fraction of sp³-hybridized carbons (Fsp3) is 0.300. The van der Waals surface area contributed by atoms with Gasteiger partial charge in [-0.05, 0) is 54.3 Å². The van der Waals surface area contributed by atoms with Gasteiger partial charge in [-0.25, -0.2) is 4.79 Å². The Morgan fingerprint density at radius 1 is 1.26 bits per heavy atom. The van der Waals surface area contributed by atoms with Crippen LogP contribution in [0.15, 0.2) is 42.5 Å². The largest absolute Gasteiger partial charge is 0.504 e. The summed E-state index contributed by atoms with van der Waals surface area (Å²) in [6, 6.07) is 13.1. The molecule has 1 amide bonds. The molecule has 0 spiro atoms. The standard InChI is InChI=1S/C20H22N2O5/c1-13(9-10-23)19(15-5-8-18(26-2)17(24)11-15)27-20(25)22-16-6-3-14(12-21)4-7-16/h3-8,11,13,19,23-24H,9-10H2,1-2H3,(H,22,25)/t13-,19-/m0/s1. The van der Waals surface area contributed by atoms with Crippen LogP contribution in [0.25, 0.3) is 0 Å². The highest BCUT2D eigenvalue weighted by atomic mass is 16.6. The second-order valence-corrected chi connectivity index (χ2v) is 6.06. The normalized spacial score (nSPS) is 12.5. The van der Waals surface area contributed by atoms with Crippen molar-refractivity contribution < 1.29 is 24.5 Å². The van der Waals surface area contributed by atoms with Crippen molar-refractivity contribution >= 4 is 11.8 Å². The monoisotopic (exact) mass is 370 g/mol. The molecule has 0 aliphatic rings. The number of aromatic hydroxyl groups is 1. The first-order valence-electron chi connectivity index (χ1n) is 8.44. The zero-order valence-corrected chi connectivity index (χ0v) is 15.2. The molecule has 0 bridgehead atoms. The van der Waals surface area contributed by atoms with Gasteiger partial charge in [0.2, 0.25) is 0 Å². The van der Waals surface area contributed by atoms with Crippen LogP contribution in [0.4, 0.5) is 10.5 Å². The molecule has 0 saturated heterocycles. The van der Waals surface area contributed by atoms with Crippen LogP contribution in [0.2, 0.25) is 0 Å². The summed E-state index contributed by atoms with van der Waals surface area (Å²) in [7, 11) is 1.45. The lowest BCUT2D eigenvalue weighted by Crippen LogP contribution is -2.22. The average Bonchev–Trinajstić information content (AvgIpc) is 2.66. The molecule has 0 fully saturated rings. The van der Waals surface area contributed by atoms with E-state index in [-0.39, 0.29) is 18.3 Å². The SMILES string of the molecule is COc1ccc([C@@H](OC(=O)Nc2ccc(C#N)cc2)[C@@H](C)CCO)cc1O. The highest BCUT2D eigenvalue weighted by Gasteiger charge is 2.24. The summed E-state index contributed by atoms with van der Waals surface area (Å²) in [6.45, 7) is 1.79. The smallest absolute Gasteiger partial charge is 0.412 e. The molecule has 0 radical (unpaired) electrons. The number of aliphatic hydroxyl groups is 1. The minimum absolute atomic E-state index is 0.0552. The summed E-state index contributed by atoms with van der Waals surface area (Å²) in [6.07, 6.45) is -0.932. The Balaban J connectivity index is 2.17. The Morgan fingerprint density at radius 2 is 1.96 bits per heavy atom. The Labute approximate surface area is 157 Å². The number of rotatable bonds is 7. The molecule has 2 aromatic carbocycles. The predicted octanol–water partition coefficient (Wildman–Crippen LogP) is 3.58. The summed E-state index contributed by atoms with van der Waals surface area (Å²) in [5, 5.41) is 30.7. The molecule has 0 aliphatic heterocycles. The molecule has 142 valence electrons. The molecule has 0 aliphatic carbocycles. The summed E-state index contributed by atoms with van der Waals surface area (Å²) < 4.78 is 10.6. The minimum Gasteiger partial charge on any atom is -0.504 e. The van der Waals surface area contributed by atoms with Gasteiger partial charge in [0.1, 0.15) is 6.10 Å². The first kappa shape index (κ1) is 20.1. The number of ether oxygens (including phenoxy) is 2. The van der Waals surface area contributed by atoms with Gasteiger partial charge in [0, 0.05) is 12.3 Å². The maximum absolute atomic E-state index is 12.3. The summed E-state index contributed by atoms with van der Waals surface area (Å²) in [5.41, 5.74) is 1.56. The number of phenols is 1. The highest BCUT2D eigenvalue weighted by Crippen LogP contribution is 2.34. The minimum atomic E-state index is -0.676. The van der Waals surface area contributed by atoms with Gasteiger partial charge >= 0.3 is 6.09 Å². The number of aliphatic hydroxyl groups excluding tert-OH is 1. The zero-order chi connectivity index (χ0) is 19.8. The van der Waals surface area contributed by atoms with E-state index in [9.17, 15) is 15.0 Å². The van der Waals surface area contributed by atoms with Crippen molar-refractivity contribution in [2.24, 2.45) is 5.92 Å². The van der Waals surface area contributed by atoms with E-state index in [4.69, 9.17) is 14.7 Å². The predicted molar refractivity (Wildman–Crippen MR) is 99.5 cm³/mol. The number of carbonyl (C=O) groups excluding carboxylic acids is 1. The van der Waals surface area contributed by atoms with E-state index in [0.717, 1.165) is 0 Å². The van der Waals surface area contributed by atoms with Crippen molar-refractivity contribution in [3.63, 3.8) is 0 Å². The number of nitriles is 1. The van der Waals surface area contributed by atoms with Crippen molar-refractivity contribution in [3.8, 4) is 17.6 Å². The summed E-state index contributed by atoms with van der Waals surface area (Å²) in [4.78, 5) is 12.3. The van der Waals surface area contributed by atoms with Crippen LogP contribution in [0, 0.1) is 17.2 Å². The molecule has 0 heterocycles. The van der Waals surface area contributed by atoms with Crippen molar-refractivity contribution in [2.75, 3.05) is 19.0 Å². The quantitative estimate of drug-likeness (QED) is 0.687. The van der Waals surface area contributed by atoms with Crippen LogP contribution in [0.1, 0.15) is 30.6 Å². The zero-order valence-electron chi connectivity index (χ0n) is 15.2. The number of hydrogen-bond donors (Lipinski definition) is 3. The molecule has 3 N–H and O–H groups in total. The topological polar surface area (TPSA) is 112 Å². The number of nitrogens with one attached hydrogen (secondary N) is 1. The van der Waals surface area contributed by atoms with Gasteiger partial charge in [-0.2, -0.15) is 5.26 Å². The third-order valence-corrected chi connectivity index (χ3v) is 4.13. The Kier molecular flexibility index (Phi) is 7.03. The van der Waals surface area contributed by atoms with Crippen LogP contribution in [0.3, 0.4) is 0 Å². The molecular weight excluding hydrogens is 348 g/mol. The van der Waals surface area contributed by atoms with Gasteiger partial charge in [-0.3, -0.25) is 5.32 Å². The fourth-order valence-electron chi connectivity index (χ4n) is 2.64. The molecule has 27 heavy (non-hydrogen) atoms. The van der Waals surface area contributed by atoms with Gasteiger partial charge in [-0.15, -0.1) is 0 Å². The van der Waals surface area contributed by atoms with E-state index in [2.05, 4.69) is 5.32 Å². The summed E-state index contributed by atoms with van der Waals surface area (Å²) >= 11 is 0. The molecule has 0 saturated carbocycles. The Bertz CT molecular complexity index is 814. The second kappa shape index (κ2) is 9.46. The van der Waals surface area contributed by atoms with Crippen molar-refractivity contribution in [1.82, 2.24) is 0 Å². The van der Waals surface area contributed by atoms with Crippen molar-refractivity contribution in [1.29, 1.82) is 5.26 Å². The summed E-state index contributed by atoms with van der Waals surface area (Å²) in [5.74, 6) is 0.0659. The Hall–Kier alpha value is -3.24. The van der Waals surface area contributed by atoms with Gasteiger partial charge in [0.15, 0.2) is 11.5 Å².